The van der Waals surface area contributed by atoms with E-state index in [1.165, 1.54) is 24.9 Å². The normalized spacial score (nSPS) is 18.2. The third-order valence-corrected chi connectivity index (χ3v) is 5.07. The second kappa shape index (κ2) is 4.31. The third kappa shape index (κ3) is 1.63. The van der Waals surface area contributed by atoms with Gasteiger partial charge in [0.05, 0.1) is 0 Å². The second-order valence-corrected chi connectivity index (χ2v) is 5.82. The molecule has 0 fully saturated rings. The molecule has 1 atom stereocenters. The van der Waals surface area contributed by atoms with Crippen LogP contribution < -0.4 is 0 Å². The zero-order valence-corrected chi connectivity index (χ0v) is 11.3. The predicted molar refractivity (Wildman–Crippen MR) is 73.8 cm³/mol. The zero-order chi connectivity index (χ0) is 11.0. The highest BCUT2D eigenvalue weighted by molar-refractivity contribution is 9.09. The van der Waals surface area contributed by atoms with Crippen LogP contribution in [0, 0.1) is 0 Å². The highest BCUT2D eigenvalue weighted by Crippen LogP contribution is 2.41. The SMILES string of the molecule is BrCC1c2ccccc2Cc2cccpc21. The van der Waals surface area contributed by atoms with Crippen LogP contribution in [-0.4, -0.2) is 5.33 Å². The summed E-state index contributed by atoms with van der Waals surface area (Å²) < 4.78 is 0. The van der Waals surface area contributed by atoms with E-state index in [9.17, 15) is 0 Å². The summed E-state index contributed by atoms with van der Waals surface area (Å²) in [7, 11) is 1.37. The van der Waals surface area contributed by atoms with Gasteiger partial charge in [0.2, 0.25) is 0 Å². The van der Waals surface area contributed by atoms with Gasteiger partial charge in [0.1, 0.15) is 0 Å². The fourth-order valence-electron chi connectivity index (χ4n) is 2.46. The molecule has 3 rings (SSSR count). The molecule has 1 aromatic heterocycles. The largest absolute Gasteiger partial charge is 0.0918 e. The van der Waals surface area contributed by atoms with Crippen LogP contribution in [0.3, 0.4) is 0 Å². The fraction of sp³-hybridized carbons (Fsp3) is 0.214. The van der Waals surface area contributed by atoms with Gasteiger partial charge in [-0.15, -0.1) is 0 Å². The Kier molecular flexibility index (Phi) is 2.83. The molecule has 16 heavy (non-hydrogen) atoms. The van der Waals surface area contributed by atoms with Gasteiger partial charge in [0.15, 0.2) is 0 Å². The summed E-state index contributed by atoms with van der Waals surface area (Å²) in [6.07, 6.45) is 1.10. The Morgan fingerprint density at radius 3 is 2.81 bits per heavy atom. The van der Waals surface area contributed by atoms with E-state index in [1.54, 1.807) is 5.30 Å². The smallest absolute Gasteiger partial charge is 0.0235 e. The van der Waals surface area contributed by atoms with Gasteiger partial charge in [-0.25, -0.2) is 0 Å². The number of benzene rings is 1. The predicted octanol–water partition coefficient (Wildman–Crippen LogP) is 4.70. The molecule has 80 valence electrons. The van der Waals surface area contributed by atoms with Crippen LogP contribution in [0.5, 0.6) is 0 Å². The molecule has 1 aliphatic rings. The molecule has 0 saturated carbocycles. The molecule has 1 aliphatic carbocycles. The first-order valence-corrected chi connectivity index (χ1v) is 7.56. The van der Waals surface area contributed by atoms with Gasteiger partial charge in [-0.05, 0) is 34.2 Å². The van der Waals surface area contributed by atoms with Crippen LogP contribution >= 0.6 is 24.1 Å². The molecule has 0 radical (unpaired) electrons. The van der Waals surface area contributed by atoms with Crippen LogP contribution in [0.2, 0.25) is 0 Å². The van der Waals surface area contributed by atoms with E-state index in [4.69, 9.17) is 0 Å². The molecule has 0 nitrogen and oxygen atoms in total. The molecular weight excluding hydrogens is 279 g/mol. The summed E-state index contributed by atoms with van der Waals surface area (Å²) >= 11 is 3.67. The van der Waals surface area contributed by atoms with Crippen LogP contribution in [0.1, 0.15) is 27.9 Å². The lowest BCUT2D eigenvalue weighted by atomic mass is 9.84. The van der Waals surface area contributed by atoms with Gasteiger partial charge in [0.25, 0.3) is 0 Å². The van der Waals surface area contributed by atoms with Crippen LogP contribution in [0.4, 0.5) is 0 Å². The van der Waals surface area contributed by atoms with E-state index in [2.05, 4.69) is 58.1 Å². The van der Waals surface area contributed by atoms with E-state index in [1.807, 2.05) is 0 Å². The average Bonchev–Trinajstić information content (AvgIpc) is 2.36. The third-order valence-electron chi connectivity index (χ3n) is 3.22. The maximum absolute atomic E-state index is 3.67. The number of fused-ring (bicyclic) bond motifs is 2. The summed E-state index contributed by atoms with van der Waals surface area (Å²) in [6, 6.07) is 13.3. The van der Waals surface area contributed by atoms with E-state index in [-0.39, 0.29) is 0 Å². The van der Waals surface area contributed by atoms with Crippen LogP contribution in [0.15, 0.2) is 42.2 Å². The Morgan fingerprint density at radius 1 is 1.12 bits per heavy atom. The first-order chi connectivity index (χ1) is 7.90. The van der Waals surface area contributed by atoms with Gasteiger partial charge < -0.3 is 0 Å². The summed E-state index contributed by atoms with van der Waals surface area (Å²) in [5.41, 5.74) is 4.52. The zero-order valence-electron chi connectivity index (χ0n) is 8.86. The highest BCUT2D eigenvalue weighted by Gasteiger charge is 2.23. The van der Waals surface area contributed by atoms with Crippen LogP contribution in [0.25, 0.3) is 0 Å². The Labute approximate surface area is 106 Å². The molecule has 1 aromatic carbocycles. The van der Waals surface area contributed by atoms with E-state index in [0.29, 0.717) is 5.92 Å². The standard InChI is InChI=1S/C14H12BrP/c15-9-13-12-6-2-1-4-10(12)8-11-5-3-7-16-14(11)13/h1-7,13H,8-9H2. The van der Waals surface area contributed by atoms with Crippen molar-refractivity contribution in [1.82, 2.24) is 0 Å². The minimum Gasteiger partial charge on any atom is -0.0918 e. The Hall–Kier alpha value is -0.650. The molecule has 0 N–H and O–H groups in total. The molecule has 2 aromatic rings. The monoisotopic (exact) mass is 290 g/mol. The van der Waals surface area contributed by atoms with Crippen molar-refractivity contribution in [2.45, 2.75) is 12.3 Å². The van der Waals surface area contributed by atoms with Gasteiger partial charge in [-0.3, -0.25) is 0 Å². The molecule has 0 amide bonds. The lowest BCUT2D eigenvalue weighted by Gasteiger charge is -2.26. The number of rotatable bonds is 1. The molecular formula is C14H12BrP. The van der Waals surface area contributed by atoms with Crippen molar-refractivity contribution in [1.29, 1.82) is 0 Å². The minimum atomic E-state index is 0.558. The molecule has 1 unspecified atom stereocenters. The minimum absolute atomic E-state index is 0.558. The Balaban J connectivity index is 2.19. The molecule has 0 aliphatic heterocycles. The second-order valence-electron chi connectivity index (χ2n) is 4.13. The number of halogens is 1. The Morgan fingerprint density at radius 2 is 1.94 bits per heavy atom. The van der Waals surface area contributed by atoms with Gasteiger partial charge >= 0.3 is 0 Å². The fourth-order valence-corrected chi connectivity index (χ4v) is 4.44. The van der Waals surface area contributed by atoms with E-state index in [0.717, 1.165) is 11.8 Å². The van der Waals surface area contributed by atoms with Crippen molar-refractivity contribution in [2.75, 3.05) is 5.33 Å². The average molecular weight is 291 g/mol. The first-order valence-electron chi connectivity index (χ1n) is 5.47. The van der Waals surface area contributed by atoms with Crippen molar-refractivity contribution in [3.05, 3.63) is 64.2 Å². The van der Waals surface area contributed by atoms with Gasteiger partial charge in [-0.1, -0.05) is 60.5 Å². The maximum atomic E-state index is 3.67. The summed E-state index contributed by atoms with van der Waals surface area (Å²) in [5.74, 6) is 2.80. The van der Waals surface area contributed by atoms with Crippen molar-refractivity contribution < 1.29 is 0 Å². The summed E-state index contributed by atoms with van der Waals surface area (Å²) in [5, 5.41) is 2.61. The number of hydrogen-bond donors (Lipinski definition) is 0. The summed E-state index contributed by atoms with van der Waals surface area (Å²) in [6.45, 7) is 0. The quantitative estimate of drug-likeness (QED) is 0.668. The van der Waals surface area contributed by atoms with Crippen molar-refractivity contribution >= 4 is 24.1 Å². The van der Waals surface area contributed by atoms with Crippen LogP contribution in [-0.2, 0) is 6.42 Å². The van der Waals surface area contributed by atoms with Crippen molar-refractivity contribution in [3.63, 3.8) is 0 Å². The Bertz CT molecular complexity index is 476. The summed E-state index contributed by atoms with van der Waals surface area (Å²) in [4.78, 5) is 0. The maximum Gasteiger partial charge on any atom is 0.0235 e. The van der Waals surface area contributed by atoms with E-state index < -0.39 is 0 Å². The molecule has 1 heterocycles. The molecule has 2 heteroatoms. The van der Waals surface area contributed by atoms with Crippen molar-refractivity contribution in [3.8, 4) is 0 Å². The number of hydrogen-bond acceptors (Lipinski definition) is 0. The topological polar surface area (TPSA) is 0 Å². The van der Waals surface area contributed by atoms with E-state index >= 15 is 0 Å². The molecule has 0 spiro atoms. The van der Waals surface area contributed by atoms with Crippen molar-refractivity contribution in [2.24, 2.45) is 0 Å². The molecule has 0 saturated heterocycles. The highest BCUT2D eigenvalue weighted by atomic mass is 79.9. The van der Waals surface area contributed by atoms with Gasteiger partial charge in [0, 0.05) is 11.2 Å². The van der Waals surface area contributed by atoms with Gasteiger partial charge in [-0.2, -0.15) is 0 Å². The lowest BCUT2D eigenvalue weighted by Crippen LogP contribution is -2.13. The lowest BCUT2D eigenvalue weighted by molar-refractivity contribution is 0.883. The number of alkyl halides is 1. The first kappa shape index (κ1) is 10.5. The molecule has 0 bridgehead atoms.